The van der Waals surface area contributed by atoms with Gasteiger partial charge >= 0.3 is 0 Å². The Bertz CT molecular complexity index is 1720. The third kappa shape index (κ3) is 6.10. The molecule has 0 radical (unpaired) electrons. The summed E-state index contributed by atoms with van der Waals surface area (Å²) in [7, 11) is 0. The number of aromatic nitrogens is 4. The molecule has 0 saturated carbocycles. The summed E-state index contributed by atoms with van der Waals surface area (Å²) < 4.78 is 21.6. The molecule has 39 heavy (non-hydrogen) atoms. The van der Waals surface area contributed by atoms with Gasteiger partial charge in [0.25, 0.3) is 0 Å². The number of anilines is 2. The monoisotopic (exact) mass is 553 g/mol. The average molecular weight is 554 g/mol. The Balaban J connectivity index is 1.26. The van der Waals surface area contributed by atoms with Gasteiger partial charge in [-0.15, -0.1) is 11.3 Å². The number of hydrogen-bond donors (Lipinski definition) is 1. The third-order valence-electron chi connectivity index (χ3n) is 5.99. The summed E-state index contributed by atoms with van der Waals surface area (Å²) in [4.78, 5) is 10.3. The molecule has 6 nitrogen and oxygen atoms in total. The molecular formula is C30H24FN5OS2. The van der Waals surface area contributed by atoms with Gasteiger partial charge in [0, 0.05) is 22.5 Å². The number of rotatable bonds is 9. The highest BCUT2D eigenvalue weighted by Crippen LogP contribution is 2.37. The first-order chi connectivity index (χ1) is 19.1. The van der Waals surface area contributed by atoms with E-state index in [1.165, 1.54) is 29.0 Å². The summed E-state index contributed by atoms with van der Waals surface area (Å²) in [6, 6.07) is 24.4. The summed E-state index contributed by atoms with van der Waals surface area (Å²) in [5.41, 5.74) is 4.47. The maximum atomic E-state index is 13.5. The van der Waals surface area contributed by atoms with Gasteiger partial charge in [-0.2, -0.15) is 5.10 Å². The van der Waals surface area contributed by atoms with Crippen LogP contribution in [0.3, 0.4) is 0 Å². The second kappa shape index (κ2) is 11.3. The molecule has 4 aromatic heterocycles. The van der Waals surface area contributed by atoms with E-state index in [9.17, 15) is 4.39 Å². The fourth-order valence-electron chi connectivity index (χ4n) is 4.11. The summed E-state index contributed by atoms with van der Waals surface area (Å²) in [5.74, 6) is 1.23. The smallest absolute Gasteiger partial charge is 0.188 e. The van der Waals surface area contributed by atoms with Crippen molar-refractivity contribution in [3.63, 3.8) is 0 Å². The van der Waals surface area contributed by atoms with Gasteiger partial charge in [0.2, 0.25) is 0 Å². The molecule has 1 N–H and O–H groups in total. The highest BCUT2D eigenvalue weighted by Gasteiger charge is 2.14. The molecule has 4 heterocycles. The minimum absolute atomic E-state index is 0.323. The Morgan fingerprint density at radius 2 is 1.85 bits per heavy atom. The normalized spacial score (nSPS) is 11.1. The molecule has 9 heteroatoms. The number of ether oxygens (including phenoxy) is 1. The standard InChI is InChI=1S/C30H24FN5OS2/c1-20-15-24-13-14-33-36(24)28(16-20)39-26-17-27(37-25-11-8-22(31)9-12-25)29(32-18-26)35-30-34-23(19-38-30)10-7-21-5-3-2-4-6-21/h2-6,8-9,11-19H,7,10H2,1H3,(H,32,34,35). The van der Waals surface area contributed by atoms with Crippen molar-refractivity contribution in [2.75, 3.05) is 5.32 Å². The second-order valence-corrected chi connectivity index (χ2v) is 10.9. The van der Waals surface area contributed by atoms with Gasteiger partial charge in [0.1, 0.15) is 16.6 Å². The Labute approximate surface area is 233 Å². The summed E-state index contributed by atoms with van der Waals surface area (Å²) in [5, 5.41) is 11.5. The molecule has 0 aliphatic carbocycles. The predicted molar refractivity (Wildman–Crippen MR) is 154 cm³/mol. The molecule has 0 aliphatic rings. The van der Waals surface area contributed by atoms with E-state index in [4.69, 9.17) is 9.72 Å². The molecular weight excluding hydrogens is 529 g/mol. The Morgan fingerprint density at radius 3 is 2.69 bits per heavy atom. The van der Waals surface area contributed by atoms with Gasteiger partial charge in [-0.25, -0.2) is 18.9 Å². The van der Waals surface area contributed by atoms with Crippen LogP contribution in [0, 0.1) is 12.7 Å². The molecule has 194 valence electrons. The number of halogens is 1. The fourth-order valence-corrected chi connectivity index (χ4v) is 5.85. The Hall–Kier alpha value is -4.21. The van der Waals surface area contributed by atoms with Crippen molar-refractivity contribution in [2.45, 2.75) is 29.7 Å². The van der Waals surface area contributed by atoms with Crippen LogP contribution >= 0.6 is 23.1 Å². The Kier molecular flexibility index (Phi) is 7.25. The van der Waals surface area contributed by atoms with Crippen LogP contribution in [0.4, 0.5) is 15.3 Å². The molecule has 0 atom stereocenters. The first-order valence-electron chi connectivity index (χ1n) is 12.4. The zero-order chi connectivity index (χ0) is 26.6. The van der Waals surface area contributed by atoms with Crippen molar-refractivity contribution >= 4 is 39.6 Å². The van der Waals surface area contributed by atoms with Crippen LogP contribution in [0.2, 0.25) is 0 Å². The van der Waals surface area contributed by atoms with Crippen molar-refractivity contribution < 1.29 is 9.13 Å². The maximum absolute atomic E-state index is 13.5. The molecule has 0 spiro atoms. The van der Waals surface area contributed by atoms with Crippen LogP contribution < -0.4 is 10.1 Å². The number of fused-ring (bicyclic) bond motifs is 1. The van der Waals surface area contributed by atoms with E-state index >= 15 is 0 Å². The summed E-state index contributed by atoms with van der Waals surface area (Å²) in [6.07, 6.45) is 5.36. The third-order valence-corrected chi connectivity index (χ3v) is 7.75. The van der Waals surface area contributed by atoms with Gasteiger partial charge in [-0.1, -0.05) is 42.1 Å². The molecule has 6 rings (SSSR count). The van der Waals surface area contributed by atoms with Crippen molar-refractivity contribution in [3.05, 3.63) is 119 Å². The number of pyridine rings is 2. The number of thiazole rings is 1. The molecule has 0 aliphatic heterocycles. The van der Waals surface area contributed by atoms with E-state index in [0.29, 0.717) is 17.3 Å². The van der Waals surface area contributed by atoms with Gasteiger partial charge in [0.05, 0.1) is 17.4 Å². The average Bonchev–Trinajstić information content (AvgIpc) is 3.60. The van der Waals surface area contributed by atoms with Crippen LogP contribution in [0.15, 0.2) is 107 Å². The maximum Gasteiger partial charge on any atom is 0.188 e. The van der Waals surface area contributed by atoms with E-state index in [0.717, 1.165) is 44.7 Å². The fraction of sp³-hybridized carbons (Fsp3) is 0.100. The largest absolute Gasteiger partial charge is 0.453 e. The topological polar surface area (TPSA) is 64.3 Å². The molecule has 0 unspecified atom stereocenters. The number of aryl methyl sites for hydroxylation is 3. The highest BCUT2D eigenvalue weighted by molar-refractivity contribution is 7.99. The van der Waals surface area contributed by atoms with Crippen LogP contribution in [0.1, 0.15) is 16.8 Å². The number of benzene rings is 2. The summed E-state index contributed by atoms with van der Waals surface area (Å²) in [6.45, 7) is 2.06. The lowest BCUT2D eigenvalue weighted by atomic mass is 10.1. The Morgan fingerprint density at radius 1 is 1.00 bits per heavy atom. The zero-order valence-electron chi connectivity index (χ0n) is 21.0. The molecule has 6 aromatic rings. The van der Waals surface area contributed by atoms with E-state index in [1.807, 2.05) is 22.7 Å². The minimum Gasteiger partial charge on any atom is -0.453 e. The van der Waals surface area contributed by atoms with Crippen LogP contribution in [0.25, 0.3) is 5.52 Å². The highest BCUT2D eigenvalue weighted by atomic mass is 32.2. The predicted octanol–water partition coefficient (Wildman–Crippen LogP) is 8.11. The molecule has 0 fully saturated rings. The minimum atomic E-state index is -0.323. The quantitative estimate of drug-likeness (QED) is 0.195. The lowest BCUT2D eigenvalue weighted by Crippen LogP contribution is -1.99. The lowest BCUT2D eigenvalue weighted by Gasteiger charge is -2.13. The molecule has 0 amide bonds. The van der Waals surface area contributed by atoms with Crippen LogP contribution in [0.5, 0.6) is 11.5 Å². The van der Waals surface area contributed by atoms with Crippen LogP contribution in [-0.2, 0) is 12.8 Å². The van der Waals surface area contributed by atoms with Gasteiger partial charge in [-0.3, -0.25) is 0 Å². The first-order valence-corrected chi connectivity index (χ1v) is 14.1. The number of nitrogens with zero attached hydrogens (tertiary/aromatic N) is 4. The van der Waals surface area contributed by atoms with Crippen molar-refractivity contribution in [3.8, 4) is 11.5 Å². The van der Waals surface area contributed by atoms with Crippen molar-refractivity contribution in [2.24, 2.45) is 0 Å². The molecule has 2 aromatic carbocycles. The lowest BCUT2D eigenvalue weighted by molar-refractivity contribution is 0.479. The van der Waals surface area contributed by atoms with Gasteiger partial charge < -0.3 is 10.1 Å². The van der Waals surface area contributed by atoms with E-state index in [2.05, 4.69) is 64.1 Å². The van der Waals surface area contributed by atoms with E-state index in [-0.39, 0.29) is 5.82 Å². The molecule has 0 bridgehead atoms. The first kappa shape index (κ1) is 25.1. The van der Waals surface area contributed by atoms with Crippen LogP contribution in [-0.4, -0.2) is 19.6 Å². The van der Waals surface area contributed by atoms with Crippen molar-refractivity contribution in [1.82, 2.24) is 19.6 Å². The van der Waals surface area contributed by atoms with E-state index < -0.39 is 0 Å². The second-order valence-electron chi connectivity index (χ2n) is 8.97. The molecule has 0 saturated heterocycles. The van der Waals surface area contributed by atoms with Gasteiger partial charge in [0.15, 0.2) is 16.7 Å². The zero-order valence-corrected chi connectivity index (χ0v) is 22.7. The SMILES string of the molecule is Cc1cc(Sc2cnc(Nc3nc(CCc4ccccc4)cs3)c(Oc3ccc(F)cc3)c2)n2nccc2c1. The summed E-state index contributed by atoms with van der Waals surface area (Å²) >= 11 is 3.07. The van der Waals surface area contributed by atoms with Crippen molar-refractivity contribution in [1.29, 1.82) is 0 Å². The number of nitrogens with one attached hydrogen (secondary N) is 1. The van der Waals surface area contributed by atoms with E-state index in [1.54, 1.807) is 36.3 Å². The number of hydrogen-bond acceptors (Lipinski definition) is 7. The van der Waals surface area contributed by atoms with Gasteiger partial charge in [-0.05, 0) is 73.4 Å².